The van der Waals surface area contributed by atoms with Gasteiger partial charge in [0.15, 0.2) is 0 Å². The van der Waals surface area contributed by atoms with E-state index in [9.17, 15) is 0 Å². The lowest BCUT2D eigenvalue weighted by Crippen LogP contribution is -2.44. The Balaban J connectivity index is 2.35. The third kappa shape index (κ3) is 1.29. The molecule has 0 radical (unpaired) electrons. The van der Waals surface area contributed by atoms with Gasteiger partial charge >= 0.3 is 0 Å². The summed E-state index contributed by atoms with van der Waals surface area (Å²) < 4.78 is 5.95. The number of rotatable bonds is 0. The van der Waals surface area contributed by atoms with Gasteiger partial charge < -0.3 is 4.74 Å². The molecule has 1 atom stereocenters. The second-order valence-corrected chi connectivity index (χ2v) is 5.23. The van der Waals surface area contributed by atoms with Crippen LogP contribution in [0.15, 0.2) is 18.3 Å². The van der Waals surface area contributed by atoms with Gasteiger partial charge in [0, 0.05) is 23.6 Å². The molecule has 0 aromatic carbocycles. The van der Waals surface area contributed by atoms with E-state index in [0.29, 0.717) is 0 Å². The molecule has 0 unspecified atom stereocenters. The van der Waals surface area contributed by atoms with Crippen LogP contribution in [-0.4, -0.2) is 10.6 Å². The molecule has 1 aliphatic rings. The summed E-state index contributed by atoms with van der Waals surface area (Å²) in [7, 11) is 0. The van der Waals surface area contributed by atoms with Crippen LogP contribution in [0, 0.1) is 5.41 Å². The van der Waals surface area contributed by atoms with E-state index in [1.54, 1.807) is 6.20 Å². The number of ether oxygens (including phenoxy) is 1. The maximum Gasteiger partial charge on any atom is 0.217 e. The molecule has 0 fully saturated rings. The van der Waals surface area contributed by atoms with E-state index in [1.807, 2.05) is 6.07 Å². The van der Waals surface area contributed by atoms with Crippen LogP contribution in [0.5, 0.6) is 5.88 Å². The van der Waals surface area contributed by atoms with E-state index in [2.05, 4.69) is 38.7 Å². The average Bonchev–Trinajstić information content (AvgIpc) is 2.40. The molecule has 1 aliphatic heterocycles. The third-order valence-corrected chi connectivity index (χ3v) is 3.29. The minimum atomic E-state index is -0.121. The van der Waals surface area contributed by atoms with E-state index in [-0.39, 0.29) is 11.0 Å². The zero-order chi connectivity index (χ0) is 10.4. The quantitative estimate of drug-likeness (QED) is 0.629. The van der Waals surface area contributed by atoms with E-state index < -0.39 is 0 Å². The zero-order valence-corrected chi connectivity index (χ0v) is 9.29. The van der Waals surface area contributed by atoms with Crippen LogP contribution in [-0.2, 0) is 6.42 Å². The van der Waals surface area contributed by atoms with Crippen molar-refractivity contribution in [3.63, 3.8) is 0 Å². The SMILES string of the molecule is CC(C)(C)[C@@]1(C)Cc2cccnc2O1. The first kappa shape index (κ1) is 9.50. The van der Waals surface area contributed by atoms with Crippen molar-refractivity contribution in [3.05, 3.63) is 23.9 Å². The van der Waals surface area contributed by atoms with Crippen LogP contribution in [0.4, 0.5) is 0 Å². The fraction of sp³-hybridized carbons (Fsp3) is 0.583. The van der Waals surface area contributed by atoms with Gasteiger partial charge in [-0.2, -0.15) is 0 Å². The number of aromatic nitrogens is 1. The summed E-state index contributed by atoms with van der Waals surface area (Å²) in [5.74, 6) is 0.810. The summed E-state index contributed by atoms with van der Waals surface area (Å²) in [5.41, 5.74) is 1.24. The minimum absolute atomic E-state index is 0.121. The van der Waals surface area contributed by atoms with Crippen molar-refractivity contribution >= 4 is 0 Å². The number of pyridine rings is 1. The Hall–Kier alpha value is -1.05. The maximum atomic E-state index is 5.95. The van der Waals surface area contributed by atoms with Gasteiger partial charge in [0.1, 0.15) is 5.60 Å². The van der Waals surface area contributed by atoms with Crippen molar-refractivity contribution in [2.45, 2.75) is 39.7 Å². The van der Waals surface area contributed by atoms with Gasteiger partial charge in [-0.1, -0.05) is 26.8 Å². The van der Waals surface area contributed by atoms with Crippen LogP contribution in [0.25, 0.3) is 0 Å². The number of hydrogen-bond donors (Lipinski definition) is 0. The lowest BCUT2D eigenvalue weighted by atomic mass is 9.75. The number of nitrogens with zero attached hydrogens (tertiary/aromatic N) is 1. The molecule has 0 saturated carbocycles. The molecule has 1 aromatic heterocycles. The Morgan fingerprint density at radius 2 is 2.14 bits per heavy atom. The first-order chi connectivity index (χ1) is 6.42. The summed E-state index contributed by atoms with van der Waals surface area (Å²) in [5, 5.41) is 0. The van der Waals surface area contributed by atoms with Crippen LogP contribution in [0.3, 0.4) is 0 Å². The molecule has 2 heterocycles. The molecule has 0 spiro atoms. The van der Waals surface area contributed by atoms with Crippen LogP contribution in [0.2, 0.25) is 0 Å². The summed E-state index contributed by atoms with van der Waals surface area (Å²) in [6.07, 6.45) is 2.74. The van der Waals surface area contributed by atoms with Gasteiger partial charge in [-0.25, -0.2) is 4.98 Å². The van der Waals surface area contributed by atoms with Crippen LogP contribution in [0.1, 0.15) is 33.3 Å². The Morgan fingerprint density at radius 1 is 1.43 bits per heavy atom. The average molecular weight is 191 g/mol. The smallest absolute Gasteiger partial charge is 0.217 e. The summed E-state index contributed by atoms with van der Waals surface area (Å²) >= 11 is 0. The topological polar surface area (TPSA) is 22.1 Å². The molecule has 0 bridgehead atoms. The molecular weight excluding hydrogens is 174 g/mol. The highest BCUT2D eigenvalue weighted by Crippen LogP contribution is 2.43. The highest BCUT2D eigenvalue weighted by Gasteiger charge is 2.45. The highest BCUT2D eigenvalue weighted by atomic mass is 16.5. The second kappa shape index (κ2) is 2.72. The van der Waals surface area contributed by atoms with Crippen molar-refractivity contribution in [3.8, 4) is 5.88 Å². The Morgan fingerprint density at radius 3 is 2.71 bits per heavy atom. The van der Waals surface area contributed by atoms with Crippen molar-refractivity contribution < 1.29 is 4.74 Å². The van der Waals surface area contributed by atoms with E-state index in [4.69, 9.17) is 4.74 Å². The van der Waals surface area contributed by atoms with Gasteiger partial charge in [-0.3, -0.25) is 0 Å². The second-order valence-electron chi connectivity index (χ2n) is 5.23. The fourth-order valence-electron chi connectivity index (χ4n) is 1.68. The van der Waals surface area contributed by atoms with Gasteiger partial charge in [0.05, 0.1) is 0 Å². The van der Waals surface area contributed by atoms with Crippen molar-refractivity contribution in [2.75, 3.05) is 0 Å². The molecule has 76 valence electrons. The standard InChI is InChI=1S/C12H17NO/c1-11(2,3)12(4)8-9-6-5-7-13-10(9)14-12/h5-7H,8H2,1-4H3/t12-/m1/s1. The monoisotopic (exact) mass is 191 g/mol. The molecule has 2 heteroatoms. The number of hydrogen-bond acceptors (Lipinski definition) is 2. The minimum Gasteiger partial charge on any atom is -0.470 e. The third-order valence-electron chi connectivity index (χ3n) is 3.29. The maximum absolute atomic E-state index is 5.95. The van der Waals surface area contributed by atoms with Crippen LogP contribution < -0.4 is 4.74 Å². The Bertz CT molecular complexity index is 327. The molecule has 1 aromatic rings. The van der Waals surface area contributed by atoms with E-state index >= 15 is 0 Å². The zero-order valence-electron chi connectivity index (χ0n) is 9.29. The lowest BCUT2D eigenvalue weighted by molar-refractivity contribution is 0.000660. The largest absolute Gasteiger partial charge is 0.470 e. The van der Waals surface area contributed by atoms with Gasteiger partial charge in [-0.05, 0) is 13.0 Å². The van der Waals surface area contributed by atoms with Gasteiger partial charge in [0.2, 0.25) is 5.88 Å². The van der Waals surface area contributed by atoms with Crippen LogP contribution >= 0.6 is 0 Å². The van der Waals surface area contributed by atoms with Crippen molar-refractivity contribution in [1.82, 2.24) is 4.98 Å². The Labute approximate surface area is 85.3 Å². The van der Waals surface area contributed by atoms with E-state index in [1.165, 1.54) is 5.56 Å². The number of fused-ring (bicyclic) bond motifs is 1. The van der Waals surface area contributed by atoms with Gasteiger partial charge in [-0.15, -0.1) is 0 Å². The summed E-state index contributed by atoms with van der Waals surface area (Å²) in [6, 6.07) is 4.07. The fourth-order valence-corrected chi connectivity index (χ4v) is 1.68. The first-order valence-corrected chi connectivity index (χ1v) is 5.05. The predicted molar refractivity (Wildman–Crippen MR) is 56.4 cm³/mol. The van der Waals surface area contributed by atoms with Crippen molar-refractivity contribution in [1.29, 1.82) is 0 Å². The predicted octanol–water partition coefficient (Wildman–Crippen LogP) is 2.82. The molecule has 0 aliphatic carbocycles. The van der Waals surface area contributed by atoms with Gasteiger partial charge in [0.25, 0.3) is 0 Å². The molecule has 0 amide bonds. The summed E-state index contributed by atoms with van der Waals surface area (Å²) in [4.78, 5) is 4.25. The lowest BCUT2D eigenvalue weighted by Gasteiger charge is -2.37. The molecule has 14 heavy (non-hydrogen) atoms. The molecule has 0 N–H and O–H groups in total. The molecule has 2 rings (SSSR count). The first-order valence-electron chi connectivity index (χ1n) is 5.05. The highest BCUT2D eigenvalue weighted by molar-refractivity contribution is 5.33. The molecule has 0 saturated heterocycles. The van der Waals surface area contributed by atoms with Crippen molar-refractivity contribution in [2.24, 2.45) is 5.41 Å². The molecular formula is C12H17NO. The van der Waals surface area contributed by atoms with E-state index in [0.717, 1.165) is 12.3 Å². The Kier molecular flexibility index (Phi) is 1.85. The molecule has 2 nitrogen and oxygen atoms in total. The normalized spacial score (nSPS) is 25.7. The summed E-state index contributed by atoms with van der Waals surface area (Å²) in [6.45, 7) is 8.78.